The molecule has 2 heterocycles. The quantitative estimate of drug-likeness (QED) is 0.329. The Morgan fingerprint density at radius 1 is 1.32 bits per heavy atom. The van der Waals surface area contributed by atoms with Gasteiger partial charge in [0.2, 0.25) is 0 Å². The van der Waals surface area contributed by atoms with E-state index >= 15 is 0 Å². The van der Waals surface area contributed by atoms with Crippen LogP contribution in [0.5, 0.6) is 0 Å². The van der Waals surface area contributed by atoms with Gasteiger partial charge in [0.25, 0.3) is 0 Å². The van der Waals surface area contributed by atoms with E-state index in [1.165, 1.54) is 4.88 Å². The van der Waals surface area contributed by atoms with Crippen molar-refractivity contribution in [2.45, 2.75) is 52.0 Å². The third-order valence-electron chi connectivity index (χ3n) is 4.24. The van der Waals surface area contributed by atoms with Crippen LogP contribution in [0.4, 0.5) is 0 Å². The van der Waals surface area contributed by atoms with Crippen LogP contribution in [0.15, 0.2) is 33.1 Å². The van der Waals surface area contributed by atoms with Crippen LogP contribution in [0, 0.1) is 0 Å². The van der Waals surface area contributed by atoms with Gasteiger partial charge < -0.3 is 15.2 Å². The number of hydrogen-bond acceptors (Lipinski definition) is 4. The lowest BCUT2D eigenvalue weighted by Gasteiger charge is -2.14. The van der Waals surface area contributed by atoms with E-state index in [1.54, 1.807) is 18.4 Å². The number of rotatable bonds is 8. The third-order valence-corrected chi connectivity index (χ3v) is 5.34. The molecule has 2 aromatic rings. The zero-order valence-electron chi connectivity index (χ0n) is 15.4. The zero-order chi connectivity index (χ0) is 17.4. The maximum Gasteiger partial charge on any atom is 0.191 e. The summed E-state index contributed by atoms with van der Waals surface area (Å²) in [6.45, 7) is 8.00. The average Bonchev–Trinajstić information content (AvgIpc) is 3.28. The third kappa shape index (κ3) is 6.62. The summed E-state index contributed by atoms with van der Waals surface area (Å²) in [5.74, 6) is 2.55. The number of hydrogen-bond donors (Lipinski definition) is 2. The molecule has 0 amide bonds. The Labute approximate surface area is 171 Å². The largest absolute Gasteiger partial charge is 0.359 e. The van der Waals surface area contributed by atoms with E-state index in [0.717, 1.165) is 36.8 Å². The van der Waals surface area contributed by atoms with E-state index in [9.17, 15) is 0 Å². The first-order chi connectivity index (χ1) is 11.7. The number of nitrogens with zero attached hydrogens (tertiary/aromatic N) is 2. The molecule has 0 fully saturated rings. The summed E-state index contributed by atoms with van der Waals surface area (Å²) in [7, 11) is 1.78. The number of guanidine groups is 1. The topological polar surface area (TPSA) is 62.5 Å². The maximum atomic E-state index is 5.44. The Hall–Kier alpha value is -1.09. The maximum absolute atomic E-state index is 5.44. The van der Waals surface area contributed by atoms with Crippen molar-refractivity contribution in [3.05, 3.63) is 39.9 Å². The summed E-state index contributed by atoms with van der Waals surface area (Å²) in [5, 5.41) is 13.0. The number of aliphatic imine (C=N–C) groups is 1. The van der Waals surface area contributed by atoms with Gasteiger partial charge in [0, 0.05) is 36.4 Å². The summed E-state index contributed by atoms with van der Waals surface area (Å²) in [6.07, 6.45) is 2.17. The van der Waals surface area contributed by atoms with E-state index in [0.29, 0.717) is 18.4 Å². The lowest BCUT2D eigenvalue weighted by molar-refractivity contribution is 0.368. The van der Waals surface area contributed by atoms with E-state index in [2.05, 4.69) is 59.1 Å². The Balaban J connectivity index is 0.00000312. The molecule has 0 saturated carbocycles. The van der Waals surface area contributed by atoms with Crippen molar-refractivity contribution in [2.24, 2.45) is 4.99 Å². The van der Waals surface area contributed by atoms with Gasteiger partial charge in [-0.05, 0) is 24.3 Å². The molecule has 2 rings (SSSR count). The molecule has 0 radical (unpaired) electrons. The van der Waals surface area contributed by atoms with Crippen molar-refractivity contribution in [3.63, 3.8) is 0 Å². The van der Waals surface area contributed by atoms with Crippen molar-refractivity contribution in [1.29, 1.82) is 0 Å². The first-order valence-electron chi connectivity index (χ1n) is 8.61. The highest BCUT2D eigenvalue weighted by molar-refractivity contribution is 14.0. The van der Waals surface area contributed by atoms with Crippen molar-refractivity contribution in [1.82, 2.24) is 15.8 Å². The molecule has 140 valence electrons. The number of nitrogens with one attached hydrogen (secondary N) is 2. The summed E-state index contributed by atoms with van der Waals surface area (Å²) in [4.78, 5) is 5.64. The Bertz CT molecular complexity index is 623. The summed E-state index contributed by atoms with van der Waals surface area (Å²) in [6, 6.07) is 6.30. The molecule has 0 aliphatic carbocycles. The molecule has 1 unspecified atom stereocenters. The van der Waals surface area contributed by atoms with Crippen molar-refractivity contribution < 1.29 is 4.52 Å². The SMILES string of the molecule is CCC(CC)c1cc(CNC(=NC)NCC(C)c2cccs2)on1.I. The predicted octanol–water partition coefficient (Wildman–Crippen LogP) is 4.73. The molecule has 7 heteroatoms. The van der Waals surface area contributed by atoms with Gasteiger partial charge >= 0.3 is 0 Å². The van der Waals surface area contributed by atoms with Crippen LogP contribution < -0.4 is 10.6 Å². The molecule has 2 aromatic heterocycles. The summed E-state index contributed by atoms with van der Waals surface area (Å²) < 4.78 is 5.44. The van der Waals surface area contributed by atoms with Gasteiger partial charge in [0.05, 0.1) is 12.2 Å². The summed E-state index contributed by atoms with van der Waals surface area (Å²) in [5.41, 5.74) is 1.05. The fourth-order valence-electron chi connectivity index (χ4n) is 2.63. The Morgan fingerprint density at radius 2 is 2.08 bits per heavy atom. The van der Waals surface area contributed by atoms with E-state index in [1.807, 2.05) is 6.07 Å². The fraction of sp³-hybridized carbons (Fsp3) is 0.556. The minimum atomic E-state index is 0. The van der Waals surface area contributed by atoms with Crippen LogP contribution in [0.2, 0.25) is 0 Å². The second kappa shape index (κ2) is 11.5. The normalized spacial score (nSPS) is 12.8. The average molecular weight is 476 g/mol. The van der Waals surface area contributed by atoms with Crippen molar-refractivity contribution in [3.8, 4) is 0 Å². The van der Waals surface area contributed by atoms with Crippen molar-refractivity contribution in [2.75, 3.05) is 13.6 Å². The monoisotopic (exact) mass is 476 g/mol. The standard InChI is InChI=1S/C18H28N4OS.HI/c1-5-14(6-2)16-10-15(23-22-16)12-21-18(19-4)20-11-13(3)17-8-7-9-24-17;/h7-10,13-14H,5-6,11-12H2,1-4H3,(H2,19,20,21);1H. The highest BCUT2D eigenvalue weighted by Gasteiger charge is 2.13. The molecule has 0 aromatic carbocycles. The lowest BCUT2D eigenvalue weighted by Crippen LogP contribution is -2.38. The predicted molar refractivity (Wildman–Crippen MR) is 116 cm³/mol. The first kappa shape index (κ1) is 22.0. The molecule has 0 aliphatic heterocycles. The van der Waals surface area contributed by atoms with Gasteiger partial charge in [-0.2, -0.15) is 0 Å². The highest BCUT2D eigenvalue weighted by atomic mass is 127. The minimum absolute atomic E-state index is 0. The van der Waals surface area contributed by atoms with E-state index < -0.39 is 0 Å². The molecule has 25 heavy (non-hydrogen) atoms. The molecular formula is C18H29IN4OS. The molecule has 0 saturated heterocycles. The van der Waals surface area contributed by atoms with Gasteiger partial charge in [-0.3, -0.25) is 4.99 Å². The van der Waals surface area contributed by atoms with Gasteiger partial charge in [-0.1, -0.05) is 32.0 Å². The van der Waals surface area contributed by atoms with Gasteiger partial charge in [-0.15, -0.1) is 35.3 Å². The van der Waals surface area contributed by atoms with Gasteiger partial charge in [0.1, 0.15) is 0 Å². The second-order valence-electron chi connectivity index (χ2n) is 5.95. The highest BCUT2D eigenvalue weighted by Crippen LogP contribution is 2.22. The van der Waals surface area contributed by atoms with Crippen LogP contribution in [0.1, 0.15) is 61.8 Å². The smallest absolute Gasteiger partial charge is 0.191 e. The molecule has 5 nitrogen and oxygen atoms in total. The fourth-order valence-corrected chi connectivity index (χ4v) is 3.41. The second-order valence-corrected chi connectivity index (χ2v) is 6.93. The molecule has 2 N–H and O–H groups in total. The van der Waals surface area contributed by atoms with Crippen LogP contribution in [0.25, 0.3) is 0 Å². The van der Waals surface area contributed by atoms with Crippen LogP contribution >= 0.6 is 35.3 Å². The van der Waals surface area contributed by atoms with E-state index in [-0.39, 0.29) is 24.0 Å². The zero-order valence-corrected chi connectivity index (χ0v) is 18.6. The van der Waals surface area contributed by atoms with Crippen molar-refractivity contribution >= 4 is 41.3 Å². The first-order valence-corrected chi connectivity index (χ1v) is 9.49. The molecule has 0 aliphatic rings. The van der Waals surface area contributed by atoms with Crippen LogP contribution in [-0.4, -0.2) is 24.7 Å². The Morgan fingerprint density at radius 3 is 2.68 bits per heavy atom. The molecule has 1 atom stereocenters. The van der Waals surface area contributed by atoms with Crippen LogP contribution in [0.3, 0.4) is 0 Å². The minimum Gasteiger partial charge on any atom is -0.359 e. The number of aromatic nitrogens is 1. The molecule has 0 spiro atoms. The molecule has 0 bridgehead atoms. The lowest BCUT2D eigenvalue weighted by atomic mass is 9.99. The van der Waals surface area contributed by atoms with E-state index in [4.69, 9.17) is 4.52 Å². The molecular weight excluding hydrogens is 447 g/mol. The number of thiophene rings is 1. The summed E-state index contributed by atoms with van der Waals surface area (Å²) >= 11 is 1.79. The number of halogens is 1. The Kier molecular flexibility index (Phi) is 10.1. The van der Waals surface area contributed by atoms with Gasteiger partial charge in [-0.25, -0.2) is 0 Å². The van der Waals surface area contributed by atoms with Crippen LogP contribution in [-0.2, 0) is 6.54 Å². The van der Waals surface area contributed by atoms with Gasteiger partial charge in [0.15, 0.2) is 11.7 Å².